The van der Waals surface area contributed by atoms with Crippen LogP contribution in [0.5, 0.6) is 11.5 Å². The molecule has 98 valence electrons. The number of ether oxygens (including phenoxy) is 1. The molecule has 0 saturated heterocycles. The molecule has 2 aromatic carbocycles. The quantitative estimate of drug-likeness (QED) is 0.788. The number of rotatable bonds is 3. The molecular weight excluding hydrogens is 242 g/mol. The predicted octanol–water partition coefficient (Wildman–Crippen LogP) is 3.05. The van der Waals surface area contributed by atoms with Crippen LogP contribution in [0.1, 0.15) is 11.1 Å². The molecular formula is C15H16BFO2. The lowest BCUT2D eigenvalue weighted by atomic mass is 10.0. The SMILES string of the molecule is BOc1c(C)cc(-c2ccc(OC)c(C)c2)cc1F. The van der Waals surface area contributed by atoms with Gasteiger partial charge in [-0.3, -0.25) is 0 Å². The zero-order chi connectivity index (χ0) is 14.0. The van der Waals surface area contributed by atoms with Crippen molar-refractivity contribution in [2.24, 2.45) is 0 Å². The molecule has 0 aliphatic heterocycles. The Hall–Kier alpha value is -1.97. The highest BCUT2D eigenvalue weighted by molar-refractivity contribution is 6.00. The first-order valence-electron chi connectivity index (χ1n) is 6.06. The van der Waals surface area contributed by atoms with E-state index in [1.54, 1.807) is 7.11 Å². The van der Waals surface area contributed by atoms with E-state index in [-0.39, 0.29) is 5.82 Å². The summed E-state index contributed by atoms with van der Waals surface area (Å²) in [6.07, 6.45) is 0. The fourth-order valence-corrected chi connectivity index (χ4v) is 2.21. The van der Waals surface area contributed by atoms with Crippen molar-refractivity contribution in [3.05, 3.63) is 47.3 Å². The van der Waals surface area contributed by atoms with Crippen LogP contribution >= 0.6 is 0 Å². The number of aryl methyl sites for hydroxylation is 2. The van der Waals surface area contributed by atoms with Gasteiger partial charge in [-0.1, -0.05) is 6.07 Å². The molecule has 2 aromatic rings. The van der Waals surface area contributed by atoms with Gasteiger partial charge in [-0.25, -0.2) is 4.39 Å². The van der Waals surface area contributed by atoms with Crippen molar-refractivity contribution >= 4 is 8.05 Å². The Bertz CT molecular complexity index is 588. The highest BCUT2D eigenvalue weighted by Gasteiger charge is 2.10. The highest BCUT2D eigenvalue weighted by atomic mass is 19.1. The minimum absolute atomic E-state index is 0.300. The van der Waals surface area contributed by atoms with Crippen LogP contribution in [0.3, 0.4) is 0 Å². The van der Waals surface area contributed by atoms with Crippen molar-refractivity contribution in [1.82, 2.24) is 0 Å². The Labute approximate surface area is 113 Å². The molecule has 2 nitrogen and oxygen atoms in total. The zero-order valence-electron chi connectivity index (χ0n) is 11.6. The average Bonchev–Trinajstić information content (AvgIpc) is 2.38. The summed E-state index contributed by atoms with van der Waals surface area (Å²) in [4.78, 5) is 0. The molecule has 4 heteroatoms. The smallest absolute Gasteiger partial charge is 0.322 e. The summed E-state index contributed by atoms with van der Waals surface area (Å²) in [5.74, 6) is 0.786. The molecule has 2 rings (SSSR count). The Morgan fingerprint density at radius 1 is 1.00 bits per heavy atom. The molecule has 0 aliphatic rings. The Morgan fingerprint density at radius 2 is 1.68 bits per heavy atom. The van der Waals surface area contributed by atoms with Gasteiger partial charge in [-0.05, 0) is 60.4 Å². The molecule has 0 amide bonds. The van der Waals surface area contributed by atoms with Gasteiger partial charge in [0.15, 0.2) is 5.82 Å². The van der Waals surface area contributed by atoms with Gasteiger partial charge in [-0.15, -0.1) is 0 Å². The van der Waals surface area contributed by atoms with E-state index in [1.165, 1.54) is 14.1 Å². The predicted molar refractivity (Wildman–Crippen MR) is 77.0 cm³/mol. The fourth-order valence-electron chi connectivity index (χ4n) is 2.21. The fraction of sp³-hybridized carbons (Fsp3) is 0.200. The number of benzene rings is 2. The van der Waals surface area contributed by atoms with Crippen molar-refractivity contribution in [2.75, 3.05) is 7.11 Å². The monoisotopic (exact) mass is 258 g/mol. The molecule has 0 unspecified atom stereocenters. The van der Waals surface area contributed by atoms with Crippen molar-refractivity contribution in [2.45, 2.75) is 13.8 Å². The van der Waals surface area contributed by atoms with Gasteiger partial charge >= 0.3 is 8.05 Å². The molecule has 0 N–H and O–H groups in total. The summed E-state index contributed by atoms with van der Waals surface area (Å²) in [6, 6.07) is 9.21. The van der Waals surface area contributed by atoms with Crippen LogP contribution < -0.4 is 9.39 Å². The van der Waals surface area contributed by atoms with E-state index >= 15 is 0 Å². The van der Waals surface area contributed by atoms with E-state index in [4.69, 9.17) is 9.39 Å². The molecule has 0 fully saturated rings. The summed E-state index contributed by atoms with van der Waals surface area (Å²) in [7, 11) is 3.11. The van der Waals surface area contributed by atoms with Crippen molar-refractivity contribution < 1.29 is 13.8 Å². The second-order valence-corrected chi connectivity index (χ2v) is 4.49. The van der Waals surface area contributed by atoms with Gasteiger partial charge in [0.1, 0.15) is 11.5 Å². The topological polar surface area (TPSA) is 18.5 Å². The Balaban J connectivity index is 2.50. The third-order valence-corrected chi connectivity index (χ3v) is 3.16. The van der Waals surface area contributed by atoms with E-state index in [0.717, 1.165) is 28.0 Å². The zero-order valence-corrected chi connectivity index (χ0v) is 11.6. The summed E-state index contributed by atoms with van der Waals surface area (Å²) >= 11 is 0. The lowest BCUT2D eigenvalue weighted by Gasteiger charge is -2.11. The normalized spacial score (nSPS) is 10.3. The lowest BCUT2D eigenvalue weighted by molar-refractivity contribution is 0.412. The molecule has 0 atom stereocenters. The maximum absolute atomic E-state index is 13.9. The first-order chi connectivity index (χ1) is 9.06. The summed E-state index contributed by atoms with van der Waals surface area (Å²) < 4.78 is 24.2. The minimum Gasteiger partial charge on any atom is -0.566 e. The summed E-state index contributed by atoms with van der Waals surface area (Å²) in [6.45, 7) is 3.80. The van der Waals surface area contributed by atoms with E-state index in [1.807, 2.05) is 38.1 Å². The van der Waals surface area contributed by atoms with Gasteiger partial charge in [-0.2, -0.15) is 0 Å². The largest absolute Gasteiger partial charge is 0.566 e. The van der Waals surface area contributed by atoms with Crippen molar-refractivity contribution in [1.29, 1.82) is 0 Å². The van der Waals surface area contributed by atoms with Crippen LogP contribution in [-0.2, 0) is 0 Å². The van der Waals surface area contributed by atoms with Crippen LogP contribution in [0.4, 0.5) is 4.39 Å². The average molecular weight is 258 g/mol. The molecule has 0 aliphatic carbocycles. The first-order valence-corrected chi connectivity index (χ1v) is 6.06. The van der Waals surface area contributed by atoms with Crippen molar-refractivity contribution in [3.63, 3.8) is 0 Å². The van der Waals surface area contributed by atoms with E-state index in [0.29, 0.717) is 5.75 Å². The number of halogens is 1. The van der Waals surface area contributed by atoms with Gasteiger partial charge in [0.25, 0.3) is 0 Å². The van der Waals surface area contributed by atoms with Crippen LogP contribution in [0.25, 0.3) is 11.1 Å². The maximum atomic E-state index is 13.9. The summed E-state index contributed by atoms with van der Waals surface area (Å²) in [5.41, 5.74) is 3.60. The van der Waals surface area contributed by atoms with E-state index < -0.39 is 0 Å². The number of hydrogen-bond acceptors (Lipinski definition) is 2. The van der Waals surface area contributed by atoms with Gasteiger partial charge < -0.3 is 9.39 Å². The summed E-state index contributed by atoms with van der Waals surface area (Å²) in [5, 5.41) is 0. The molecule has 0 heterocycles. The molecule has 0 radical (unpaired) electrons. The van der Waals surface area contributed by atoms with Crippen molar-refractivity contribution in [3.8, 4) is 22.6 Å². The molecule has 0 bridgehead atoms. The Morgan fingerprint density at radius 3 is 2.21 bits per heavy atom. The number of hydrogen-bond donors (Lipinski definition) is 0. The highest BCUT2D eigenvalue weighted by Crippen LogP contribution is 2.31. The van der Waals surface area contributed by atoms with Crippen LogP contribution in [0.2, 0.25) is 0 Å². The first kappa shape index (κ1) is 13.5. The van der Waals surface area contributed by atoms with Crippen LogP contribution in [-0.4, -0.2) is 15.2 Å². The standard InChI is InChI=1S/C15H16BFO2/c1-9-6-11(4-5-14(9)18-3)12-7-10(2)15(19-16)13(17)8-12/h4-8H,16H2,1-3H3. The van der Waals surface area contributed by atoms with Crippen LogP contribution in [0, 0.1) is 19.7 Å². The van der Waals surface area contributed by atoms with Crippen LogP contribution in [0.15, 0.2) is 30.3 Å². The molecule has 0 saturated carbocycles. The lowest BCUT2D eigenvalue weighted by Crippen LogP contribution is -1.94. The minimum atomic E-state index is -0.342. The number of methoxy groups -OCH3 is 1. The third-order valence-electron chi connectivity index (χ3n) is 3.16. The second kappa shape index (κ2) is 5.35. The van der Waals surface area contributed by atoms with Gasteiger partial charge in [0, 0.05) is 0 Å². The van der Waals surface area contributed by atoms with E-state index in [9.17, 15) is 4.39 Å². The van der Waals surface area contributed by atoms with E-state index in [2.05, 4.69) is 0 Å². The molecule has 19 heavy (non-hydrogen) atoms. The van der Waals surface area contributed by atoms with Gasteiger partial charge in [0.05, 0.1) is 7.11 Å². The second-order valence-electron chi connectivity index (χ2n) is 4.49. The third kappa shape index (κ3) is 2.57. The molecule has 0 spiro atoms. The maximum Gasteiger partial charge on any atom is 0.322 e. The molecule has 0 aromatic heterocycles. The Kier molecular flexibility index (Phi) is 3.79. The van der Waals surface area contributed by atoms with Gasteiger partial charge in [0.2, 0.25) is 0 Å².